The van der Waals surface area contributed by atoms with Gasteiger partial charge in [-0.15, -0.1) is 0 Å². The number of nitrogen functional groups attached to an aromatic ring is 1. The quantitative estimate of drug-likeness (QED) is 0.877. The van der Waals surface area contributed by atoms with Crippen LogP contribution in [0.1, 0.15) is 27.7 Å². The molecule has 2 rings (SSSR count). The van der Waals surface area contributed by atoms with Gasteiger partial charge in [-0.05, 0) is 31.9 Å². The summed E-state index contributed by atoms with van der Waals surface area (Å²) in [5.74, 6) is 1.54. The number of anilines is 2. The highest BCUT2D eigenvalue weighted by Gasteiger charge is 2.38. The van der Waals surface area contributed by atoms with Gasteiger partial charge in [0.05, 0.1) is 12.3 Å². The van der Waals surface area contributed by atoms with Gasteiger partial charge in [-0.1, -0.05) is 13.8 Å². The molecule has 0 bridgehead atoms. The molecule has 0 aliphatic carbocycles. The molecule has 6 heteroatoms. The van der Waals surface area contributed by atoms with E-state index in [0.29, 0.717) is 43.0 Å². The van der Waals surface area contributed by atoms with Crippen molar-refractivity contribution in [3.05, 3.63) is 12.1 Å². The third-order valence-corrected chi connectivity index (χ3v) is 3.56. The lowest BCUT2D eigenvalue weighted by Gasteiger charge is -2.42. The summed E-state index contributed by atoms with van der Waals surface area (Å²) >= 11 is 0. The Balaban J connectivity index is 2.27. The fourth-order valence-electron chi connectivity index (χ4n) is 2.25. The molecule has 21 heavy (non-hydrogen) atoms. The van der Waals surface area contributed by atoms with Gasteiger partial charge in [0.1, 0.15) is 11.4 Å². The monoisotopic (exact) mass is 292 g/mol. The lowest BCUT2D eigenvalue weighted by molar-refractivity contribution is -0.126. The molecule has 1 aliphatic heterocycles. The number of rotatable bonds is 4. The average Bonchev–Trinajstić information content (AvgIpc) is 2.41. The molecule has 0 atom stereocenters. The fraction of sp³-hybridized carbons (Fsp3) is 0.600. The minimum absolute atomic E-state index is 0.00276. The molecule has 1 amide bonds. The summed E-state index contributed by atoms with van der Waals surface area (Å²) in [6.07, 6.45) is 0. The number of nitrogens with one attached hydrogen (secondary N) is 1. The first-order chi connectivity index (χ1) is 9.82. The first-order valence-electron chi connectivity index (χ1n) is 7.27. The number of nitrogens with two attached hydrogens (primary N) is 1. The highest BCUT2D eigenvalue weighted by atomic mass is 16.5. The van der Waals surface area contributed by atoms with Crippen molar-refractivity contribution in [2.45, 2.75) is 33.2 Å². The van der Waals surface area contributed by atoms with E-state index >= 15 is 0 Å². The van der Waals surface area contributed by atoms with Crippen molar-refractivity contribution in [2.24, 2.45) is 5.92 Å². The lowest BCUT2D eigenvalue weighted by atomic mass is 9.99. The van der Waals surface area contributed by atoms with Crippen LogP contribution in [-0.4, -0.2) is 36.1 Å². The Bertz CT molecular complexity index is 528. The third-order valence-electron chi connectivity index (χ3n) is 3.56. The number of aromatic nitrogens is 1. The third kappa shape index (κ3) is 3.20. The lowest BCUT2D eigenvalue weighted by Crippen LogP contribution is -2.62. The van der Waals surface area contributed by atoms with Crippen LogP contribution in [0.5, 0.6) is 5.88 Å². The predicted octanol–water partition coefficient (Wildman–Crippen LogP) is 1.41. The summed E-state index contributed by atoms with van der Waals surface area (Å²) in [5, 5.41) is 2.87. The summed E-state index contributed by atoms with van der Waals surface area (Å²) < 4.78 is 5.66. The topological polar surface area (TPSA) is 80.5 Å². The van der Waals surface area contributed by atoms with Gasteiger partial charge in [0.15, 0.2) is 0 Å². The normalized spacial score (nSPS) is 17.8. The van der Waals surface area contributed by atoms with Crippen LogP contribution in [0.3, 0.4) is 0 Å². The zero-order valence-electron chi connectivity index (χ0n) is 13.1. The molecule has 1 saturated heterocycles. The second kappa shape index (κ2) is 5.79. The smallest absolute Gasteiger partial charge is 0.245 e. The van der Waals surface area contributed by atoms with Crippen molar-refractivity contribution >= 4 is 17.4 Å². The number of pyridine rings is 1. The van der Waals surface area contributed by atoms with E-state index in [2.05, 4.69) is 24.1 Å². The van der Waals surface area contributed by atoms with E-state index in [9.17, 15) is 4.79 Å². The Hall–Kier alpha value is -1.98. The Morgan fingerprint density at radius 1 is 1.48 bits per heavy atom. The van der Waals surface area contributed by atoms with Gasteiger partial charge < -0.3 is 20.7 Å². The molecule has 116 valence electrons. The summed E-state index contributed by atoms with van der Waals surface area (Å²) in [6.45, 7) is 9.78. The molecule has 0 unspecified atom stereocenters. The molecule has 1 aromatic rings. The first-order valence-corrected chi connectivity index (χ1v) is 7.27. The molecule has 3 N–H and O–H groups in total. The minimum atomic E-state index is -0.642. The number of carbonyl (C=O) groups excluding carboxylic acids is 1. The van der Waals surface area contributed by atoms with Crippen LogP contribution in [0.2, 0.25) is 0 Å². The van der Waals surface area contributed by atoms with Crippen LogP contribution in [-0.2, 0) is 4.79 Å². The maximum absolute atomic E-state index is 12.0. The molecule has 0 aromatic carbocycles. The number of carbonyl (C=O) groups is 1. The number of nitrogens with zero attached hydrogens (tertiary/aromatic N) is 2. The summed E-state index contributed by atoms with van der Waals surface area (Å²) in [4.78, 5) is 18.5. The van der Waals surface area contributed by atoms with Gasteiger partial charge in [-0.2, -0.15) is 4.98 Å². The Morgan fingerprint density at radius 2 is 2.19 bits per heavy atom. The molecular formula is C15H24N4O2. The van der Waals surface area contributed by atoms with E-state index in [1.54, 1.807) is 6.07 Å². The Morgan fingerprint density at radius 3 is 2.86 bits per heavy atom. The van der Waals surface area contributed by atoms with Crippen LogP contribution in [0.4, 0.5) is 11.5 Å². The molecular weight excluding hydrogens is 268 g/mol. The molecule has 1 aliphatic rings. The SMILES string of the molecule is CC(C)COc1nc(N2CCNC(=O)C2(C)C)ccc1N. The number of hydrogen-bond donors (Lipinski definition) is 2. The number of piperazine rings is 1. The van der Waals surface area contributed by atoms with Crippen LogP contribution in [0.25, 0.3) is 0 Å². The molecule has 0 saturated carbocycles. The van der Waals surface area contributed by atoms with Crippen molar-refractivity contribution < 1.29 is 9.53 Å². The van der Waals surface area contributed by atoms with E-state index < -0.39 is 5.54 Å². The van der Waals surface area contributed by atoms with E-state index in [1.807, 2.05) is 24.8 Å². The second-order valence-electron chi connectivity index (χ2n) is 6.24. The van der Waals surface area contributed by atoms with Gasteiger partial charge >= 0.3 is 0 Å². The van der Waals surface area contributed by atoms with Crippen molar-refractivity contribution in [1.29, 1.82) is 0 Å². The van der Waals surface area contributed by atoms with Crippen LogP contribution < -0.4 is 20.7 Å². The minimum Gasteiger partial charge on any atom is -0.476 e. The van der Waals surface area contributed by atoms with E-state index in [-0.39, 0.29) is 5.91 Å². The van der Waals surface area contributed by atoms with Crippen LogP contribution in [0.15, 0.2) is 12.1 Å². The zero-order valence-corrected chi connectivity index (χ0v) is 13.1. The molecule has 1 fully saturated rings. The summed E-state index contributed by atoms with van der Waals surface area (Å²) in [5.41, 5.74) is 5.79. The number of amides is 1. The molecule has 1 aromatic heterocycles. The van der Waals surface area contributed by atoms with Crippen molar-refractivity contribution in [3.63, 3.8) is 0 Å². The van der Waals surface area contributed by atoms with Crippen molar-refractivity contribution in [1.82, 2.24) is 10.3 Å². The zero-order chi connectivity index (χ0) is 15.6. The maximum atomic E-state index is 12.0. The number of ether oxygens (including phenoxy) is 1. The van der Waals surface area contributed by atoms with Gasteiger partial charge in [-0.3, -0.25) is 4.79 Å². The largest absolute Gasteiger partial charge is 0.476 e. The van der Waals surface area contributed by atoms with Gasteiger partial charge in [-0.25, -0.2) is 0 Å². The highest BCUT2D eigenvalue weighted by Crippen LogP contribution is 2.29. The summed E-state index contributed by atoms with van der Waals surface area (Å²) in [6, 6.07) is 3.61. The van der Waals surface area contributed by atoms with Gasteiger partial charge in [0.2, 0.25) is 11.8 Å². The Labute approximate surface area is 125 Å². The van der Waals surface area contributed by atoms with Gasteiger partial charge in [0.25, 0.3) is 0 Å². The first kappa shape index (κ1) is 15.4. The maximum Gasteiger partial charge on any atom is 0.245 e. The van der Waals surface area contributed by atoms with E-state index in [4.69, 9.17) is 10.5 Å². The van der Waals surface area contributed by atoms with E-state index in [1.165, 1.54) is 0 Å². The molecule has 0 spiro atoms. The molecule has 0 radical (unpaired) electrons. The van der Waals surface area contributed by atoms with Crippen LogP contribution in [0, 0.1) is 5.92 Å². The number of hydrogen-bond acceptors (Lipinski definition) is 5. The predicted molar refractivity (Wildman–Crippen MR) is 83.4 cm³/mol. The average molecular weight is 292 g/mol. The summed E-state index contributed by atoms with van der Waals surface area (Å²) in [7, 11) is 0. The second-order valence-corrected chi connectivity index (χ2v) is 6.24. The van der Waals surface area contributed by atoms with Gasteiger partial charge in [0, 0.05) is 13.1 Å². The molecule has 6 nitrogen and oxygen atoms in total. The highest BCUT2D eigenvalue weighted by molar-refractivity contribution is 5.90. The van der Waals surface area contributed by atoms with E-state index in [0.717, 1.165) is 0 Å². The molecule has 2 heterocycles. The standard InChI is InChI=1S/C15H24N4O2/c1-10(2)9-21-13-11(16)5-6-12(18-13)19-8-7-17-14(20)15(19,3)4/h5-6,10H,7-9,16H2,1-4H3,(H,17,20). The Kier molecular flexibility index (Phi) is 4.25. The van der Waals surface area contributed by atoms with Crippen LogP contribution >= 0.6 is 0 Å². The van der Waals surface area contributed by atoms with Crippen molar-refractivity contribution in [3.8, 4) is 5.88 Å². The van der Waals surface area contributed by atoms with Crippen molar-refractivity contribution in [2.75, 3.05) is 30.3 Å². The fourth-order valence-corrected chi connectivity index (χ4v) is 2.25.